The summed E-state index contributed by atoms with van der Waals surface area (Å²) in [5.41, 5.74) is 0.866. The molecule has 2 fully saturated rings. The molecule has 2 aliphatic rings. The Kier molecular flexibility index (Phi) is 9.01. The van der Waals surface area contributed by atoms with E-state index in [1.807, 2.05) is 60.4 Å². The molecule has 2 aromatic rings. The molecule has 2 aromatic carbocycles. The fourth-order valence-electron chi connectivity index (χ4n) is 4.33. The van der Waals surface area contributed by atoms with E-state index in [4.69, 9.17) is 9.47 Å². The molecule has 0 radical (unpaired) electrons. The summed E-state index contributed by atoms with van der Waals surface area (Å²) >= 11 is 0. The third-order valence-electron chi connectivity index (χ3n) is 6.52. The molecule has 2 N–H and O–H groups in total. The topological polar surface area (TPSA) is 71.0 Å². The van der Waals surface area contributed by atoms with Gasteiger partial charge in [-0.2, -0.15) is 0 Å². The number of hydrogen-bond acceptors (Lipinski definition) is 5. The summed E-state index contributed by atoms with van der Waals surface area (Å²) in [6, 6.07) is 15.2. The van der Waals surface area contributed by atoms with Crippen molar-refractivity contribution in [2.24, 2.45) is 5.92 Å². The minimum Gasteiger partial charge on any atom is -0.493 e. The second-order valence-electron chi connectivity index (χ2n) is 9.15. The van der Waals surface area contributed by atoms with Crippen LogP contribution in [-0.4, -0.2) is 60.9 Å². The van der Waals surface area contributed by atoms with E-state index in [1.54, 1.807) is 0 Å². The normalized spacial score (nSPS) is 18.3. The van der Waals surface area contributed by atoms with E-state index in [2.05, 4.69) is 5.32 Å². The van der Waals surface area contributed by atoms with Gasteiger partial charge in [0.1, 0.15) is 23.7 Å². The van der Waals surface area contributed by atoms with E-state index >= 15 is 0 Å². The Bertz CT molecular complexity index is 891. The van der Waals surface area contributed by atoms with Crippen molar-refractivity contribution in [3.8, 4) is 11.5 Å². The highest BCUT2D eigenvalue weighted by atomic mass is 35.5. The van der Waals surface area contributed by atoms with Gasteiger partial charge in [-0.25, -0.2) is 0 Å². The lowest BCUT2D eigenvalue weighted by Gasteiger charge is -2.38. The number of nitrogens with zero attached hydrogens (tertiary/aromatic N) is 1. The van der Waals surface area contributed by atoms with Crippen molar-refractivity contribution in [2.45, 2.75) is 38.2 Å². The van der Waals surface area contributed by atoms with Gasteiger partial charge in [-0.15, -0.1) is 12.4 Å². The Morgan fingerprint density at radius 1 is 1.06 bits per heavy atom. The number of aliphatic hydroxyl groups is 1. The van der Waals surface area contributed by atoms with E-state index in [-0.39, 0.29) is 24.9 Å². The molecule has 7 heteroatoms. The first-order chi connectivity index (χ1) is 15.5. The second kappa shape index (κ2) is 11.7. The highest BCUT2D eigenvalue weighted by Crippen LogP contribution is 2.26. The maximum Gasteiger partial charge on any atom is 0.253 e. The van der Waals surface area contributed by atoms with Gasteiger partial charge in [-0.1, -0.05) is 12.1 Å². The number of halogens is 1. The highest BCUT2D eigenvalue weighted by molar-refractivity contribution is 5.94. The van der Waals surface area contributed by atoms with Crippen molar-refractivity contribution < 1.29 is 19.4 Å². The van der Waals surface area contributed by atoms with Crippen molar-refractivity contribution in [3.63, 3.8) is 0 Å². The molecule has 2 saturated heterocycles. The standard InChI is InChI=1S/C26H34N2O4.ClH/c1-20-3-2-4-24(17-20)32-19-26(30)11-15-28(16-12-26)25(29)22-5-7-23(8-6-22)31-18-21-9-13-27-14-10-21;/h2-8,17,21,27,30H,9-16,18-19H2,1H3;1H. The molecule has 0 aromatic heterocycles. The molecule has 180 valence electrons. The highest BCUT2D eigenvalue weighted by Gasteiger charge is 2.35. The van der Waals surface area contributed by atoms with Crippen LogP contribution in [0.1, 0.15) is 41.6 Å². The zero-order valence-corrected chi connectivity index (χ0v) is 20.1. The maximum atomic E-state index is 12.9. The lowest BCUT2D eigenvalue weighted by molar-refractivity contribution is -0.0475. The number of nitrogens with one attached hydrogen (secondary N) is 1. The number of ether oxygens (including phenoxy) is 2. The van der Waals surface area contributed by atoms with Crippen molar-refractivity contribution >= 4 is 18.3 Å². The van der Waals surface area contributed by atoms with E-state index < -0.39 is 5.60 Å². The molecule has 2 aliphatic heterocycles. The average molecular weight is 475 g/mol. The van der Waals surface area contributed by atoms with Crippen LogP contribution in [0.5, 0.6) is 11.5 Å². The second-order valence-corrected chi connectivity index (χ2v) is 9.15. The summed E-state index contributed by atoms with van der Waals surface area (Å²) in [4.78, 5) is 14.7. The zero-order chi connectivity index (χ0) is 22.4. The van der Waals surface area contributed by atoms with Gasteiger partial charge in [-0.05, 0) is 93.6 Å². The lowest BCUT2D eigenvalue weighted by atomic mass is 9.92. The van der Waals surface area contributed by atoms with Crippen LogP contribution in [0.25, 0.3) is 0 Å². The fraction of sp³-hybridized carbons (Fsp3) is 0.500. The Labute approximate surface area is 202 Å². The average Bonchev–Trinajstić information content (AvgIpc) is 2.83. The molecule has 0 saturated carbocycles. The molecular weight excluding hydrogens is 440 g/mol. The van der Waals surface area contributed by atoms with Gasteiger partial charge in [-0.3, -0.25) is 4.79 Å². The maximum absolute atomic E-state index is 12.9. The molecule has 1 amide bonds. The number of hydrogen-bond donors (Lipinski definition) is 2. The predicted molar refractivity (Wildman–Crippen MR) is 132 cm³/mol. The summed E-state index contributed by atoms with van der Waals surface area (Å²) in [5.74, 6) is 2.16. The SMILES string of the molecule is Cc1cccc(OCC2(O)CCN(C(=O)c3ccc(OCC4CCNCC4)cc3)CC2)c1.Cl. The third-order valence-corrected chi connectivity index (χ3v) is 6.52. The van der Waals surface area contributed by atoms with Crippen LogP contribution in [0.4, 0.5) is 0 Å². The fourth-order valence-corrected chi connectivity index (χ4v) is 4.33. The molecule has 0 spiro atoms. The summed E-state index contributed by atoms with van der Waals surface area (Å²) in [5, 5.41) is 14.3. The van der Waals surface area contributed by atoms with Crippen molar-refractivity contribution in [1.82, 2.24) is 10.2 Å². The molecule has 6 nitrogen and oxygen atoms in total. The molecule has 0 atom stereocenters. The van der Waals surface area contributed by atoms with Gasteiger partial charge < -0.3 is 24.8 Å². The number of carbonyl (C=O) groups excluding carboxylic acids is 1. The lowest BCUT2D eigenvalue weighted by Crippen LogP contribution is -2.49. The molecule has 2 heterocycles. The number of amides is 1. The van der Waals surface area contributed by atoms with Crippen LogP contribution < -0.4 is 14.8 Å². The Hall–Kier alpha value is -2.28. The summed E-state index contributed by atoms with van der Waals surface area (Å²) in [6.07, 6.45) is 3.30. The van der Waals surface area contributed by atoms with Gasteiger partial charge in [0.25, 0.3) is 5.91 Å². The molecule has 4 rings (SSSR count). The van der Waals surface area contributed by atoms with Gasteiger partial charge in [0, 0.05) is 18.7 Å². The van der Waals surface area contributed by atoms with E-state index in [1.165, 1.54) is 0 Å². The summed E-state index contributed by atoms with van der Waals surface area (Å²) in [6.45, 7) is 6.13. The van der Waals surface area contributed by atoms with Crippen LogP contribution in [0.3, 0.4) is 0 Å². The monoisotopic (exact) mass is 474 g/mol. The number of piperidine rings is 2. The minimum atomic E-state index is -0.910. The summed E-state index contributed by atoms with van der Waals surface area (Å²) in [7, 11) is 0. The first-order valence-corrected chi connectivity index (χ1v) is 11.7. The molecule has 33 heavy (non-hydrogen) atoms. The first kappa shape index (κ1) is 25.3. The molecule has 0 bridgehead atoms. The largest absolute Gasteiger partial charge is 0.493 e. The quantitative estimate of drug-likeness (QED) is 0.638. The third kappa shape index (κ3) is 7.10. The summed E-state index contributed by atoms with van der Waals surface area (Å²) < 4.78 is 11.7. The smallest absolute Gasteiger partial charge is 0.253 e. The van der Waals surface area contributed by atoms with Crippen LogP contribution in [0.2, 0.25) is 0 Å². The van der Waals surface area contributed by atoms with Crippen molar-refractivity contribution in [2.75, 3.05) is 39.4 Å². The van der Waals surface area contributed by atoms with Gasteiger partial charge >= 0.3 is 0 Å². The van der Waals surface area contributed by atoms with Gasteiger partial charge in [0.05, 0.1) is 6.61 Å². The predicted octanol–water partition coefficient (Wildman–Crippen LogP) is 3.84. The van der Waals surface area contributed by atoms with Crippen molar-refractivity contribution in [3.05, 3.63) is 59.7 Å². The number of rotatable bonds is 7. The molecule has 0 aliphatic carbocycles. The Morgan fingerprint density at radius 2 is 1.76 bits per heavy atom. The Balaban J connectivity index is 0.00000306. The van der Waals surface area contributed by atoms with Gasteiger partial charge in [0.2, 0.25) is 0 Å². The minimum absolute atomic E-state index is 0. The number of likely N-dealkylation sites (tertiary alicyclic amines) is 1. The first-order valence-electron chi connectivity index (χ1n) is 11.7. The van der Waals surface area contributed by atoms with Crippen molar-refractivity contribution in [1.29, 1.82) is 0 Å². The van der Waals surface area contributed by atoms with E-state index in [0.29, 0.717) is 37.4 Å². The van der Waals surface area contributed by atoms with Gasteiger partial charge in [0.15, 0.2) is 0 Å². The molecule has 0 unspecified atom stereocenters. The van der Waals surface area contributed by atoms with Crippen LogP contribution >= 0.6 is 12.4 Å². The van der Waals surface area contributed by atoms with Crippen LogP contribution in [0.15, 0.2) is 48.5 Å². The molecular formula is C26H35ClN2O4. The van der Waals surface area contributed by atoms with Crippen LogP contribution in [-0.2, 0) is 0 Å². The van der Waals surface area contributed by atoms with E-state index in [0.717, 1.165) is 49.6 Å². The number of benzene rings is 2. The van der Waals surface area contributed by atoms with Crippen LogP contribution in [0, 0.1) is 12.8 Å². The number of carbonyl (C=O) groups is 1. The van der Waals surface area contributed by atoms with E-state index in [9.17, 15) is 9.90 Å². The zero-order valence-electron chi connectivity index (χ0n) is 19.3. The Morgan fingerprint density at radius 3 is 2.42 bits per heavy atom. The number of aryl methyl sites for hydroxylation is 1.